The Morgan fingerprint density at radius 1 is 1.24 bits per heavy atom. The van der Waals surface area contributed by atoms with E-state index in [1.807, 2.05) is 0 Å². The maximum Gasteiger partial charge on any atom is 0.271 e. The Hall–Kier alpha value is -2.89. The molecule has 0 atom stereocenters. The predicted octanol–water partition coefficient (Wildman–Crippen LogP) is 2.27. The van der Waals surface area contributed by atoms with Crippen LogP contribution >= 0.6 is 0 Å². The second-order valence-electron chi connectivity index (χ2n) is 4.42. The number of phenolic OH excluding ortho intramolecular Hbond substituents is 1. The molecule has 0 saturated heterocycles. The maximum absolute atomic E-state index is 13.1. The molecular formula is C15H14FN3O2. The molecule has 0 aliphatic heterocycles. The van der Waals surface area contributed by atoms with Gasteiger partial charge in [-0.15, -0.1) is 0 Å². The van der Waals surface area contributed by atoms with E-state index in [-0.39, 0.29) is 17.0 Å². The number of nitrogens with zero attached hydrogens (tertiary/aromatic N) is 1. The first kappa shape index (κ1) is 14.5. The van der Waals surface area contributed by atoms with Crippen LogP contribution in [-0.2, 0) is 0 Å². The molecule has 0 bridgehead atoms. The van der Waals surface area contributed by atoms with Gasteiger partial charge in [-0.2, -0.15) is 5.10 Å². The van der Waals surface area contributed by atoms with Crippen molar-refractivity contribution in [1.82, 2.24) is 5.43 Å². The summed E-state index contributed by atoms with van der Waals surface area (Å²) in [6, 6.07) is 9.84. The number of rotatable bonds is 3. The SMILES string of the molecule is C/C(=N\NC(=O)c1ccc(N)cc1)c1cc(F)ccc1O. The molecule has 21 heavy (non-hydrogen) atoms. The van der Waals surface area contributed by atoms with Crippen LogP contribution in [0.1, 0.15) is 22.8 Å². The molecule has 2 aromatic rings. The van der Waals surface area contributed by atoms with Crippen LogP contribution in [0.3, 0.4) is 0 Å². The average molecular weight is 287 g/mol. The van der Waals surface area contributed by atoms with Gasteiger partial charge in [-0.3, -0.25) is 4.79 Å². The van der Waals surface area contributed by atoms with E-state index in [2.05, 4.69) is 10.5 Å². The van der Waals surface area contributed by atoms with Gasteiger partial charge in [-0.1, -0.05) is 0 Å². The number of nitrogens with one attached hydrogen (secondary N) is 1. The third kappa shape index (κ3) is 3.56. The number of hydrazone groups is 1. The van der Waals surface area contributed by atoms with Gasteiger partial charge in [0.05, 0.1) is 5.71 Å². The lowest BCUT2D eigenvalue weighted by molar-refractivity contribution is 0.0955. The minimum Gasteiger partial charge on any atom is -0.507 e. The number of carbonyl (C=O) groups is 1. The summed E-state index contributed by atoms with van der Waals surface area (Å²) in [5.74, 6) is -1.04. The molecule has 0 aromatic heterocycles. The van der Waals surface area contributed by atoms with E-state index in [4.69, 9.17) is 5.73 Å². The number of phenols is 1. The van der Waals surface area contributed by atoms with E-state index in [9.17, 15) is 14.3 Å². The van der Waals surface area contributed by atoms with Crippen molar-refractivity contribution in [3.8, 4) is 5.75 Å². The molecule has 6 heteroatoms. The molecule has 2 aromatic carbocycles. The number of aromatic hydroxyl groups is 1. The van der Waals surface area contributed by atoms with Crippen molar-refractivity contribution in [1.29, 1.82) is 0 Å². The summed E-state index contributed by atoms with van der Waals surface area (Å²) in [6.07, 6.45) is 0. The molecular weight excluding hydrogens is 273 g/mol. The zero-order chi connectivity index (χ0) is 15.4. The van der Waals surface area contributed by atoms with Crippen molar-refractivity contribution >= 4 is 17.3 Å². The van der Waals surface area contributed by atoms with Crippen LogP contribution < -0.4 is 11.2 Å². The Balaban J connectivity index is 2.14. The second kappa shape index (κ2) is 6.04. The highest BCUT2D eigenvalue weighted by molar-refractivity contribution is 6.02. The van der Waals surface area contributed by atoms with Crippen molar-refractivity contribution in [2.75, 3.05) is 5.73 Å². The molecule has 1 amide bonds. The summed E-state index contributed by atoms with van der Waals surface area (Å²) >= 11 is 0. The van der Waals surface area contributed by atoms with Crippen molar-refractivity contribution in [3.63, 3.8) is 0 Å². The lowest BCUT2D eigenvalue weighted by Crippen LogP contribution is -2.19. The van der Waals surface area contributed by atoms with Crippen LogP contribution in [0.5, 0.6) is 5.75 Å². The quantitative estimate of drug-likeness (QED) is 0.459. The van der Waals surface area contributed by atoms with Crippen molar-refractivity contribution in [2.45, 2.75) is 6.92 Å². The molecule has 0 heterocycles. The van der Waals surface area contributed by atoms with Crippen LogP contribution in [0.2, 0.25) is 0 Å². The number of halogens is 1. The van der Waals surface area contributed by atoms with E-state index in [1.165, 1.54) is 6.07 Å². The zero-order valence-corrected chi connectivity index (χ0v) is 11.3. The first-order valence-corrected chi connectivity index (χ1v) is 6.16. The number of benzene rings is 2. The Labute approximate surface area is 120 Å². The number of nitrogen functional groups attached to an aromatic ring is 1. The van der Waals surface area contributed by atoms with Gasteiger partial charge in [0.15, 0.2) is 0 Å². The van der Waals surface area contributed by atoms with Gasteiger partial charge in [0.25, 0.3) is 5.91 Å². The van der Waals surface area contributed by atoms with Gasteiger partial charge in [0.2, 0.25) is 0 Å². The lowest BCUT2D eigenvalue weighted by Gasteiger charge is -2.05. The number of hydrogen-bond donors (Lipinski definition) is 3. The normalized spacial score (nSPS) is 11.2. The molecule has 0 unspecified atom stereocenters. The summed E-state index contributed by atoms with van der Waals surface area (Å²) in [5, 5.41) is 13.5. The minimum absolute atomic E-state index is 0.112. The summed E-state index contributed by atoms with van der Waals surface area (Å²) in [5.41, 5.74) is 9.32. The molecule has 4 N–H and O–H groups in total. The van der Waals surface area contributed by atoms with Crippen LogP contribution in [0.4, 0.5) is 10.1 Å². The molecule has 5 nitrogen and oxygen atoms in total. The Kier molecular flexibility index (Phi) is 4.18. The van der Waals surface area contributed by atoms with E-state index in [0.29, 0.717) is 11.3 Å². The Morgan fingerprint density at radius 3 is 2.57 bits per heavy atom. The standard InChI is InChI=1S/C15H14FN3O2/c1-9(13-8-11(16)4-7-14(13)20)18-19-15(21)10-2-5-12(17)6-3-10/h2-8,20H,17H2,1H3,(H,19,21)/b18-9+. The molecule has 0 fully saturated rings. The van der Waals surface area contributed by atoms with Gasteiger partial charge in [0.1, 0.15) is 11.6 Å². The van der Waals surface area contributed by atoms with Crippen molar-refractivity contribution in [2.24, 2.45) is 5.10 Å². The highest BCUT2D eigenvalue weighted by Gasteiger charge is 2.08. The fraction of sp³-hybridized carbons (Fsp3) is 0.0667. The highest BCUT2D eigenvalue weighted by Crippen LogP contribution is 2.18. The van der Waals surface area contributed by atoms with Gasteiger partial charge in [-0.25, -0.2) is 9.82 Å². The van der Waals surface area contributed by atoms with Gasteiger partial charge in [0, 0.05) is 16.8 Å². The number of anilines is 1. The van der Waals surface area contributed by atoms with Crippen LogP contribution in [0, 0.1) is 5.82 Å². The fourth-order valence-corrected chi connectivity index (χ4v) is 1.69. The minimum atomic E-state index is -0.498. The van der Waals surface area contributed by atoms with Gasteiger partial charge < -0.3 is 10.8 Å². The number of carbonyl (C=O) groups excluding carboxylic acids is 1. The summed E-state index contributed by atoms with van der Waals surface area (Å²) < 4.78 is 13.1. The van der Waals surface area contributed by atoms with Gasteiger partial charge in [-0.05, 0) is 49.4 Å². The topological polar surface area (TPSA) is 87.7 Å². The van der Waals surface area contributed by atoms with E-state index >= 15 is 0 Å². The molecule has 0 radical (unpaired) electrons. The zero-order valence-electron chi connectivity index (χ0n) is 11.3. The predicted molar refractivity (Wildman–Crippen MR) is 78.6 cm³/mol. The fourth-order valence-electron chi connectivity index (χ4n) is 1.69. The highest BCUT2D eigenvalue weighted by atomic mass is 19.1. The van der Waals surface area contributed by atoms with E-state index in [1.54, 1.807) is 31.2 Å². The first-order chi connectivity index (χ1) is 9.97. The number of nitrogens with two attached hydrogens (primary N) is 1. The smallest absolute Gasteiger partial charge is 0.271 e. The second-order valence-corrected chi connectivity index (χ2v) is 4.42. The van der Waals surface area contributed by atoms with Crippen molar-refractivity contribution in [3.05, 3.63) is 59.4 Å². The van der Waals surface area contributed by atoms with Crippen LogP contribution in [-0.4, -0.2) is 16.7 Å². The molecule has 0 spiro atoms. The Bertz CT molecular complexity index is 697. The van der Waals surface area contributed by atoms with Gasteiger partial charge >= 0.3 is 0 Å². The Morgan fingerprint density at radius 2 is 1.90 bits per heavy atom. The third-order valence-electron chi connectivity index (χ3n) is 2.85. The maximum atomic E-state index is 13.1. The average Bonchev–Trinajstić information content (AvgIpc) is 2.47. The molecule has 0 aliphatic rings. The largest absolute Gasteiger partial charge is 0.507 e. The molecule has 2 rings (SSSR count). The first-order valence-electron chi connectivity index (χ1n) is 6.16. The summed E-state index contributed by atoms with van der Waals surface area (Å²) in [7, 11) is 0. The number of amides is 1. The molecule has 0 aliphatic carbocycles. The summed E-state index contributed by atoms with van der Waals surface area (Å²) in [4.78, 5) is 11.8. The lowest BCUT2D eigenvalue weighted by atomic mass is 10.1. The summed E-state index contributed by atoms with van der Waals surface area (Å²) in [6.45, 7) is 1.55. The van der Waals surface area contributed by atoms with Crippen LogP contribution in [0.25, 0.3) is 0 Å². The third-order valence-corrected chi connectivity index (χ3v) is 2.85. The van der Waals surface area contributed by atoms with E-state index < -0.39 is 11.7 Å². The number of hydrogen-bond acceptors (Lipinski definition) is 4. The molecule has 108 valence electrons. The van der Waals surface area contributed by atoms with Crippen molar-refractivity contribution < 1.29 is 14.3 Å². The van der Waals surface area contributed by atoms with E-state index in [0.717, 1.165) is 12.1 Å². The molecule has 0 saturated carbocycles. The monoisotopic (exact) mass is 287 g/mol. The van der Waals surface area contributed by atoms with Crippen LogP contribution in [0.15, 0.2) is 47.6 Å².